The van der Waals surface area contributed by atoms with E-state index in [9.17, 15) is 18.0 Å². The Morgan fingerprint density at radius 1 is 1.27 bits per heavy atom. The number of hydrogen-bond acceptors (Lipinski definition) is 4. The molecule has 2 aromatic rings. The second-order valence-corrected chi connectivity index (χ2v) is 6.55. The van der Waals surface area contributed by atoms with Crippen molar-refractivity contribution in [3.8, 4) is 0 Å². The van der Waals surface area contributed by atoms with E-state index in [0.717, 1.165) is 12.3 Å². The van der Waals surface area contributed by atoms with Crippen molar-refractivity contribution in [2.24, 2.45) is 0 Å². The first-order chi connectivity index (χ1) is 12.3. The zero-order chi connectivity index (χ0) is 18.9. The average molecular weight is 405 g/mol. The van der Waals surface area contributed by atoms with Crippen molar-refractivity contribution in [1.29, 1.82) is 0 Å². The predicted octanol–water partition coefficient (Wildman–Crippen LogP) is 4.41. The first kappa shape index (κ1) is 18.7. The molecule has 1 saturated heterocycles. The fourth-order valence-corrected chi connectivity index (χ4v) is 3.07. The molecule has 1 fully saturated rings. The van der Waals surface area contributed by atoms with Gasteiger partial charge in [0.05, 0.1) is 10.7 Å². The summed E-state index contributed by atoms with van der Waals surface area (Å²) in [5.74, 6) is -0.539. The van der Waals surface area contributed by atoms with E-state index in [-0.39, 0.29) is 5.95 Å². The number of rotatable bonds is 3. The molecule has 1 atom stereocenters. The molecule has 0 unspecified atom stereocenters. The highest BCUT2D eigenvalue weighted by Crippen LogP contribution is 2.31. The van der Waals surface area contributed by atoms with E-state index < -0.39 is 23.8 Å². The Bertz CT molecular complexity index is 831. The maximum absolute atomic E-state index is 12.9. The van der Waals surface area contributed by atoms with Gasteiger partial charge in [-0.25, -0.2) is 9.97 Å². The number of hydrogen-bond donors (Lipinski definition) is 1. The number of carbonyl (C=O) groups is 1. The molecule has 0 saturated carbocycles. The summed E-state index contributed by atoms with van der Waals surface area (Å²) in [7, 11) is 0. The largest absolute Gasteiger partial charge is 0.433 e. The topological polar surface area (TPSA) is 58.1 Å². The summed E-state index contributed by atoms with van der Waals surface area (Å²) in [6.45, 7) is 0.378. The van der Waals surface area contributed by atoms with Gasteiger partial charge in [-0.05, 0) is 37.1 Å². The number of nitrogens with one attached hydrogen (secondary N) is 1. The summed E-state index contributed by atoms with van der Waals surface area (Å²) in [5, 5.41) is 3.37. The van der Waals surface area contributed by atoms with Gasteiger partial charge in [0.25, 0.3) is 0 Å². The summed E-state index contributed by atoms with van der Waals surface area (Å²) in [6, 6.07) is 4.72. The summed E-state index contributed by atoms with van der Waals surface area (Å²) >= 11 is 11.9. The van der Waals surface area contributed by atoms with Gasteiger partial charge >= 0.3 is 6.18 Å². The molecule has 26 heavy (non-hydrogen) atoms. The lowest BCUT2D eigenvalue weighted by Gasteiger charge is -2.24. The van der Waals surface area contributed by atoms with E-state index in [1.165, 1.54) is 11.0 Å². The van der Waals surface area contributed by atoms with Gasteiger partial charge in [-0.1, -0.05) is 23.2 Å². The first-order valence-corrected chi connectivity index (χ1v) is 8.44. The minimum Gasteiger partial charge on any atom is -0.329 e. The lowest BCUT2D eigenvalue weighted by molar-refractivity contribution is -0.141. The SMILES string of the molecule is O=C(Nc1cc(Cl)ccc1Cl)[C@H]1CCCN1c1nccc(C(F)(F)F)n1. The third-order valence-electron chi connectivity index (χ3n) is 3.93. The Kier molecular flexibility index (Phi) is 5.24. The molecule has 1 aromatic heterocycles. The molecule has 0 aliphatic carbocycles. The molecule has 1 aromatic carbocycles. The van der Waals surface area contributed by atoms with Crippen molar-refractivity contribution in [1.82, 2.24) is 9.97 Å². The second kappa shape index (κ2) is 7.28. The van der Waals surface area contributed by atoms with E-state index in [1.54, 1.807) is 12.1 Å². The smallest absolute Gasteiger partial charge is 0.329 e. The number of carbonyl (C=O) groups excluding carboxylic acids is 1. The van der Waals surface area contributed by atoms with E-state index in [4.69, 9.17) is 23.2 Å². The Morgan fingerprint density at radius 2 is 2.04 bits per heavy atom. The van der Waals surface area contributed by atoms with Crippen molar-refractivity contribution in [2.45, 2.75) is 25.1 Å². The maximum atomic E-state index is 12.9. The van der Waals surface area contributed by atoms with Crippen LogP contribution in [0.15, 0.2) is 30.5 Å². The molecule has 2 heterocycles. The van der Waals surface area contributed by atoms with Gasteiger partial charge in [-0.2, -0.15) is 13.2 Å². The van der Waals surface area contributed by atoms with Gasteiger partial charge < -0.3 is 10.2 Å². The first-order valence-electron chi connectivity index (χ1n) is 7.68. The van der Waals surface area contributed by atoms with Crippen LogP contribution in [0.4, 0.5) is 24.8 Å². The van der Waals surface area contributed by atoms with Crippen LogP contribution < -0.4 is 10.2 Å². The van der Waals surface area contributed by atoms with Crippen LogP contribution in [0.5, 0.6) is 0 Å². The molecule has 3 rings (SSSR count). The van der Waals surface area contributed by atoms with Crippen LogP contribution in [0, 0.1) is 0 Å². The zero-order valence-corrected chi connectivity index (χ0v) is 14.7. The molecule has 1 N–H and O–H groups in total. The van der Waals surface area contributed by atoms with Gasteiger partial charge in [0.1, 0.15) is 11.7 Å². The van der Waals surface area contributed by atoms with Crippen LogP contribution in [0.25, 0.3) is 0 Å². The van der Waals surface area contributed by atoms with Gasteiger partial charge in [0.15, 0.2) is 0 Å². The lowest BCUT2D eigenvalue weighted by atomic mass is 10.2. The lowest BCUT2D eigenvalue weighted by Crippen LogP contribution is -2.40. The van der Waals surface area contributed by atoms with Gasteiger partial charge in [0, 0.05) is 17.8 Å². The van der Waals surface area contributed by atoms with Crippen LogP contribution >= 0.6 is 23.2 Å². The van der Waals surface area contributed by atoms with Crippen LogP contribution in [0.1, 0.15) is 18.5 Å². The van der Waals surface area contributed by atoms with Gasteiger partial charge in [-0.15, -0.1) is 0 Å². The molecule has 0 bridgehead atoms. The summed E-state index contributed by atoms with van der Waals surface area (Å²) in [6.07, 6.45) is -2.46. The maximum Gasteiger partial charge on any atom is 0.433 e. The second-order valence-electron chi connectivity index (χ2n) is 5.70. The monoisotopic (exact) mass is 404 g/mol. The standard InChI is InChI=1S/C16H13Cl2F3N4O/c17-9-3-4-10(18)11(8-9)23-14(26)12-2-1-7-25(12)15-22-6-5-13(24-15)16(19,20)21/h3-6,8,12H,1-2,7H2,(H,23,26)/t12-/m1/s1. The predicted molar refractivity (Wildman–Crippen MR) is 92.5 cm³/mol. The molecule has 10 heteroatoms. The molecule has 0 radical (unpaired) electrons. The zero-order valence-electron chi connectivity index (χ0n) is 13.2. The van der Waals surface area contributed by atoms with E-state index >= 15 is 0 Å². The summed E-state index contributed by atoms with van der Waals surface area (Å²) < 4.78 is 38.6. The minimum absolute atomic E-state index is 0.130. The number of anilines is 2. The van der Waals surface area contributed by atoms with E-state index in [2.05, 4.69) is 15.3 Å². The molecular weight excluding hydrogens is 392 g/mol. The van der Waals surface area contributed by atoms with E-state index in [0.29, 0.717) is 35.1 Å². The molecule has 138 valence electrons. The number of amides is 1. The van der Waals surface area contributed by atoms with Crippen LogP contribution in [0.3, 0.4) is 0 Å². The number of halogens is 5. The quantitative estimate of drug-likeness (QED) is 0.822. The molecule has 5 nitrogen and oxygen atoms in total. The highest BCUT2D eigenvalue weighted by molar-refractivity contribution is 6.35. The number of benzene rings is 1. The molecule has 1 amide bonds. The fourth-order valence-electron chi connectivity index (χ4n) is 2.73. The molecule has 1 aliphatic rings. The highest BCUT2D eigenvalue weighted by Gasteiger charge is 2.36. The van der Waals surface area contributed by atoms with E-state index in [1.807, 2.05) is 0 Å². The Hall–Kier alpha value is -2.06. The van der Waals surface area contributed by atoms with Gasteiger partial charge in [0.2, 0.25) is 11.9 Å². The fraction of sp³-hybridized carbons (Fsp3) is 0.312. The Morgan fingerprint density at radius 3 is 2.77 bits per heavy atom. The van der Waals surface area contributed by atoms with Crippen LogP contribution in [0.2, 0.25) is 10.0 Å². The van der Waals surface area contributed by atoms with Crippen molar-refractivity contribution in [3.05, 3.63) is 46.2 Å². The number of nitrogens with zero attached hydrogens (tertiary/aromatic N) is 3. The summed E-state index contributed by atoms with van der Waals surface area (Å²) in [5.41, 5.74) is -0.715. The number of alkyl halides is 3. The van der Waals surface area contributed by atoms with Crippen molar-refractivity contribution in [2.75, 3.05) is 16.8 Å². The van der Waals surface area contributed by atoms with Crippen molar-refractivity contribution < 1.29 is 18.0 Å². The van der Waals surface area contributed by atoms with Crippen molar-refractivity contribution >= 4 is 40.7 Å². The van der Waals surface area contributed by atoms with Crippen LogP contribution in [-0.2, 0) is 11.0 Å². The summed E-state index contributed by atoms with van der Waals surface area (Å²) in [4.78, 5) is 21.5. The Labute approximate surface area is 157 Å². The number of aromatic nitrogens is 2. The highest BCUT2D eigenvalue weighted by atomic mass is 35.5. The molecular formula is C16H13Cl2F3N4O. The minimum atomic E-state index is -4.58. The average Bonchev–Trinajstić information content (AvgIpc) is 3.07. The van der Waals surface area contributed by atoms with Crippen molar-refractivity contribution in [3.63, 3.8) is 0 Å². The van der Waals surface area contributed by atoms with Gasteiger partial charge in [-0.3, -0.25) is 4.79 Å². The molecule has 1 aliphatic heterocycles. The third-order valence-corrected chi connectivity index (χ3v) is 4.50. The van der Waals surface area contributed by atoms with Crippen LogP contribution in [-0.4, -0.2) is 28.5 Å². The molecule has 0 spiro atoms. The Balaban J connectivity index is 1.82. The normalized spacial score (nSPS) is 17.4. The third kappa shape index (κ3) is 4.02.